The van der Waals surface area contributed by atoms with Gasteiger partial charge in [0.15, 0.2) is 0 Å². The van der Waals surface area contributed by atoms with Gasteiger partial charge in [-0.1, -0.05) is 24.6 Å². The van der Waals surface area contributed by atoms with E-state index in [0.29, 0.717) is 17.0 Å². The van der Waals surface area contributed by atoms with Crippen LogP contribution in [0.1, 0.15) is 40.9 Å². The van der Waals surface area contributed by atoms with Gasteiger partial charge in [-0.2, -0.15) is 0 Å². The highest BCUT2D eigenvalue weighted by Crippen LogP contribution is 2.33. The van der Waals surface area contributed by atoms with Crippen LogP contribution in [0.25, 0.3) is 0 Å². The van der Waals surface area contributed by atoms with Gasteiger partial charge in [-0.25, -0.2) is 4.21 Å². The van der Waals surface area contributed by atoms with Crippen molar-refractivity contribution in [1.82, 2.24) is 5.32 Å². The van der Waals surface area contributed by atoms with Crippen LogP contribution in [-0.2, 0) is 26.3 Å². The average molecular weight is 395 g/mol. The number of hydrogen-bond donors (Lipinski definition) is 2. The van der Waals surface area contributed by atoms with E-state index >= 15 is 0 Å². The number of hydrogen-bond acceptors (Lipinski definition) is 3. The second-order valence-corrected chi connectivity index (χ2v) is 10.1. The van der Waals surface area contributed by atoms with E-state index in [-0.39, 0.29) is 11.9 Å². The third-order valence-electron chi connectivity index (χ3n) is 4.29. The van der Waals surface area contributed by atoms with Crippen molar-refractivity contribution in [2.24, 2.45) is 0 Å². The van der Waals surface area contributed by atoms with Gasteiger partial charge in [0.05, 0.1) is 6.04 Å². The molecule has 0 radical (unpaired) electrons. The maximum atomic E-state index is 12.5. The molecule has 2 aromatic rings. The number of carbonyl (C=O) groups is 1. The molecule has 0 fully saturated rings. The Hall–Kier alpha value is -1.63. The molecule has 0 heterocycles. The summed E-state index contributed by atoms with van der Waals surface area (Å²) >= 11 is 11.0. The molecule has 2 N–H and O–H groups in total. The lowest BCUT2D eigenvalue weighted by atomic mass is 10.1. The highest BCUT2D eigenvalue weighted by atomic mass is 35.5. The van der Waals surface area contributed by atoms with E-state index in [1.165, 1.54) is 5.56 Å². The van der Waals surface area contributed by atoms with Crippen LogP contribution < -0.4 is 10.0 Å². The summed E-state index contributed by atoms with van der Waals surface area (Å²) in [7, 11) is -2.49. The van der Waals surface area contributed by atoms with E-state index < -0.39 is 8.68 Å². The quantitative estimate of drug-likeness (QED) is 0.809. The summed E-state index contributed by atoms with van der Waals surface area (Å²) in [6.07, 6.45) is 1.78. The second kappa shape index (κ2) is 7.32. The smallest absolute Gasteiger partial charge is 0.251 e. The molecule has 0 aromatic heterocycles. The molecule has 2 atom stereocenters. The number of carbonyl (C=O) groups excluding carboxylic acids is 1. The number of aryl methyl sites for hydroxylation is 1. The van der Waals surface area contributed by atoms with E-state index in [2.05, 4.69) is 10.0 Å². The van der Waals surface area contributed by atoms with Crippen LogP contribution in [0.4, 0.5) is 5.69 Å². The first-order chi connectivity index (χ1) is 11.9. The third-order valence-corrected chi connectivity index (χ3v) is 6.79. The predicted molar refractivity (Wildman–Crippen MR) is 106 cm³/mol. The van der Waals surface area contributed by atoms with Gasteiger partial charge in [0.25, 0.3) is 5.91 Å². The van der Waals surface area contributed by atoms with Crippen molar-refractivity contribution in [3.05, 3.63) is 64.2 Å². The first-order valence-corrected chi connectivity index (χ1v) is 11.1. The van der Waals surface area contributed by atoms with Crippen LogP contribution >= 0.6 is 11.6 Å². The Morgan fingerprint density at radius 1 is 1.28 bits per heavy atom. The molecule has 0 spiro atoms. The monoisotopic (exact) mass is 394 g/mol. The molecule has 1 aliphatic rings. The molecule has 2 aromatic carbocycles. The van der Waals surface area contributed by atoms with Crippen LogP contribution in [0.5, 0.6) is 0 Å². The van der Waals surface area contributed by atoms with Crippen molar-refractivity contribution >= 4 is 43.1 Å². The van der Waals surface area contributed by atoms with Gasteiger partial charge in [0, 0.05) is 33.2 Å². The number of amides is 1. The summed E-state index contributed by atoms with van der Waals surface area (Å²) in [4.78, 5) is 12.5. The van der Waals surface area contributed by atoms with Gasteiger partial charge in [-0.3, -0.25) is 4.79 Å². The molecule has 3 rings (SSSR count). The lowest BCUT2D eigenvalue weighted by Crippen LogP contribution is -2.27. The zero-order valence-corrected chi connectivity index (χ0v) is 16.1. The predicted octanol–water partition coefficient (Wildman–Crippen LogP) is 3.85. The highest BCUT2D eigenvalue weighted by Gasteiger charge is 2.24. The number of fused-ring (bicyclic) bond motifs is 1. The molecule has 1 aliphatic carbocycles. The maximum Gasteiger partial charge on any atom is 0.251 e. The van der Waals surface area contributed by atoms with E-state index in [9.17, 15) is 9.00 Å². The average Bonchev–Trinajstić information content (AvgIpc) is 2.97. The Morgan fingerprint density at radius 2 is 2.00 bits per heavy atom. The molecule has 25 heavy (non-hydrogen) atoms. The lowest BCUT2D eigenvalue weighted by Gasteiger charge is -2.15. The minimum absolute atomic E-state index is 0.00374. The molecule has 0 saturated carbocycles. The molecular formula is C18H19ClN2O2S2. The van der Waals surface area contributed by atoms with Crippen LogP contribution in [0, 0.1) is 0 Å². The van der Waals surface area contributed by atoms with Crippen molar-refractivity contribution in [3.63, 3.8) is 0 Å². The van der Waals surface area contributed by atoms with Gasteiger partial charge < -0.3 is 10.0 Å². The van der Waals surface area contributed by atoms with Crippen molar-refractivity contribution in [3.8, 4) is 0 Å². The van der Waals surface area contributed by atoms with Crippen molar-refractivity contribution in [2.75, 3.05) is 10.5 Å². The van der Waals surface area contributed by atoms with E-state index in [0.717, 1.165) is 23.4 Å². The number of anilines is 1. The molecule has 0 bridgehead atoms. The first-order valence-electron chi connectivity index (χ1n) is 8.07. The van der Waals surface area contributed by atoms with Crippen LogP contribution in [-0.4, -0.2) is 15.9 Å². The lowest BCUT2D eigenvalue weighted by molar-refractivity contribution is 0.0937. The molecule has 0 aliphatic heterocycles. The summed E-state index contributed by atoms with van der Waals surface area (Å²) < 4.78 is 14.8. The second-order valence-electron chi connectivity index (χ2n) is 5.99. The third kappa shape index (κ3) is 4.32. The van der Waals surface area contributed by atoms with Crippen LogP contribution in [0.2, 0.25) is 5.02 Å². The summed E-state index contributed by atoms with van der Waals surface area (Å²) in [5.74, 6) is 0.240. The van der Waals surface area contributed by atoms with E-state index in [4.69, 9.17) is 22.8 Å². The van der Waals surface area contributed by atoms with Crippen LogP contribution in [0.15, 0.2) is 42.5 Å². The molecule has 1 amide bonds. The molecule has 0 saturated heterocycles. The van der Waals surface area contributed by atoms with E-state index in [1.807, 2.05) is 18.2 Å². The fraction of sp³-hybridized carbons (Fsp3) is 0.278. The number of nitrogens with one attached hydrogen (secondary N) is 2. The summed E-state index contributed by atoms with van der Waals surface area (Å²) in [5.41, 5.74) is 3.53. The Morgan fingerprint density at radius 3 is 2.68 bits per heavy atom. The zero-order chi connectivity index (χ0) is 18.0. The number of halogens is 1. The summed E-state index contributed by atoms with van der Waals surface area (Å²) in [6.45, 7) is 1.77. The molecule has 132 valence electrons. The first kappa shape index (κ1) is 18.2. The Balaban J connectivity index is 1.69. The Labute approximate surface area is 157 Å². The SMILES string of the molecule is CCS(=O)(=S)Nc1ccc(C(=O)N[C@@H]2CCc3cc(Cl)ccc32)cc1. The largest absolute Gasteiger partial charge is 0.345 e. The highest BCUT2D eigenvalue weighted by molar-refractivity contribution is 8.33. The van der Waals surface area contributed by atoms with Gasteiger partial charge in [-0.05, 0) is 60.4 Å². The molecule has 7 heteroatoms. The minimum Gasteiger partial charge on any atom is -0.345 e. The van der Waals surface area contributed by atoms with Gasteiger partial charge in [0.2, 0.25) is 0 Å². The van der Waals surface area contributed by atoms with E-state index in [1.54, 1.807) is 31.2 Å². The summed E-state index contributed by atoms with van der Waals surface area (Å²) in [5, 5.41) is 3.79. The zero-order valence-electron chi connectivity index (χ0n) is 13.8. The molecule has 1 unspecified atom stereocenters. The fourth-order valence-electron chi connectivity index (χ4n) is 2.92. The molecule has 4 nitrogen and oxygen atoms in total. The summed E-state index contributed by atoms with van der Waals surface area (Å²) in [6, 6.07) is 12.6. The minimum atomic E-state index is -2.49. The Bertz CT molecular complexity index is 896. The van der Waals surface area contributed by atoms with Gasteiger partial charge in [-0.15, -0.1) is 0 Å². The molecular weight excluding hydrogens is 376 g/mol. The maximum absolute atomic E-state index is 12.5. The van der Waals surface area contributed by atoms with Gasteiger partial charge in [0.1, 0.15) is 8.68 Å². The standard InChI is InChI=1S/C18H19ClN2O2S2/c1-2-25(23,24)21-15-7-3-12(4-8-15)18(22)20-17-10-5-13-11-14(19)6-9-16(13)17/h3-4,6-9,11,17,21H,2,5,10H2,1H3,(H,20,22)/t17-,25?/m1/s1. The number of benzene rings is 2. The van der Waals surface area contributed by atoms with Crippen molar-refractivity contribution in [1.29, 1.82) is 0 Å². The van der Waals surface area contributed by atoms with Crippen LogP contribution in [0.3, 0.4) is 0 Å². The normalized spacial score (nSPS) is 18.2. The number of rotatable bonds is 5. The fourth-order valence-corrected chi connectivity index (χ4v) is 4.04. The van der Waals surface area contributed by atoms with Crippen molar-refractivity contribution in [2.45, 2.75) is 25.8 Å². The van der Waals surface area contributed by atoms with Gasteiger partial charge >= 0.3 is 0 Å². The van der Waals surface area contributed by atoms with Crippen molar-refractivity contribution < 1.29 is 9.00 Å². The topological polar surface area (TPSA) is 58.2 Å². The Kier molecular flexibility index (Phi) is 5.32.